The summed E-state index contributed by atoms with van der Waals surface area (Å²) in [6.07, 6.45) is 0.683. The Morgan fingerprint density at radius 1 is 1.54 bits per heavy atom. The summed E-state index contributed by atoms with van der Waals surface area (Å²) in [6.45, 7) is 1.77. The van der Waals surface area contributed by atoms with Gasteiger partial charge in [-0.05, 0) is 6.42 Å². The van der Waals surface area contributed by atoms with Crippen molar-refractivity contribution in [1.29, 1.82) is 0 Å². The molecule has 0 aliphatic carbocycles. The molecular weight excluding hydrogens is 228 g/mol. The Bertz CT molecular complexity index is 251. The average Bonchev–Trinajstić information content (AvgIpc) is 2.02. The van der Waals surface area contributed by atoms with Crippen LogP contribution in [-0.4, -0.2) is 25.8 Å². The second-order valence-corrected chi connectivity index (χ2v) is 4.47. The van der Waals surface area contributed by atoms with Crippen molar-refractivity contribution < 1.29 is 14.7 Å². The Balaban J connectivity index is 4.89. The number of thiol groups is 2. The highest BCUT2D eigenvalue weighted by molar-refractivity contribution is 8.14. The maximum absolute atomic E-state index is 11.3. The minimum absolute atomic E-state index is 0.144. The zero-order valence-electron chi connectivity index (χ0n) is 6.98. The predicted octanol–water partition coefficient (Wildman–Crippen LogP) is 1.37. The van der Waals surface area contributed by atoms with Gasteiger partial charge in [0.1, 0.15) is 4.20 Å². The van der Waals surface area contributed by atoms with Crippen LogP contribution in [0.3, 0.4) is 0 Å². The molecule has 0 saturated carbocycles. The molecule has 1 atom stereocenters. The first-order chi connectivity index (χ1) is 5.86. The molecule has 0 radical (unpaired) electrons. The summed E-state index contributed by atoms with van der Waals surface area (Å²) in [5.74, 6) is -2.00. The number of Topliss-reactive ketones (excluding diaryl/α,β-unsaturated/α-hetero) is 1. The molecule has 13 heavy (non-hydrogen) atoms. The van der Waals surface area contributed by atoms with Gasteiger partial charge in [-0.1, -0.05) is 25.6 Å². The van der Waals surface area contributed by atoms with E-state index in [1.165, 1.54) is 0 Å². The summed E-state index contributed by atoms with van der Waals surface area (Å²) in [7, 11) is 0. The fourth-order valence-electron chi connectivity index (χ4n) is 0.856. The van der Waals surface area contributed by atoms with Crippen molar-refractivity contribution in [3.63, 3.8) is 0 Å². The van der Waals surface area contributed by atoms with E-state index in [0.717, 1.165) is 0 Å². The van der Waals surface area contributed by atoms with E-state index in [4.69, 9.17) is 5.11 Å². The van der Waals surface area contributed by atoms with Crippen LogP contribution in [0.1, 0.15) is 19.8 Å². The summed E-state index contributed by atoms with van der Waals surface area (Å²) in [6, 6.07) is 0. The Hall–Kier alpha value is -0.0700. The maximum Gasteiger partial charge on any atom is 0.327 e. The molecule has 6 heteroatoms. The smallest absolute Gasteiger partial charge is 0.327 e. The van der Waals surface area contributed by atoms with Crippen LogP contribution in [-0.2, 0) is 9.59 Å². The highest BCUT2D eigenvalue weighted by Gasteiger charge is 2.42. The molecule has 0 bridgehead atoms. The number of aliphatic carboxylic acids is 1. The molecule has 3 nitrogen and oxygen atoms in total. The van der Waals surface area contributed by atoms with Gasteiger partial charge >= 0.3 is 5.97 Å². The number of carboxylic acid groups (broad SMARTS) is 1. The van der Waals surface area contributed by atoms with Gasteiger partial charge in [0.2, 0.25) is 5.78 Å². The van der Waals surface area contributed by atoms with Crippen LogP contribution in [0.4, 0.5) is 0 Å². The Morgan fingerprint density at radius 3 is 2.23 bits per heavy atom. The van der Waals surface area contributed by atoms with Gasteiger partial charge in [-0.2, -0.15) is 12.6 Å². The zero-order chi connectivity index (χ0) is 10.6. The Kier molecular flexibility index (Phi) is 4.95. The van der Waals surface area contributed by atoms with E-state index in [-0.39, 0.29) is 10.6 Å². The standard InChI is InChI=1S/C7H10O3S3/c1-2-3-7(13,6(9)10)4(8)5(11)12/h13H,2-3H2,1H3,(H,9,10)(H,11,12). The number of hydrogen-bond acceptors (Lipinski definition) is 4. The number of carbonyl (C=O) groups excluding carboxylic acids is 1. The van der Waals surface area contributed by atoms with E-state index in [0.29, 0.717) is 6.42 Å². The van der Waals surface area contributed by atoms with Crippen LogP contribution in [0, 0.1) is 0 Å². The summed E-state index contributed by atoms with van der Waals surface area (Å²) in [5.41, 5.74) is 0. The fourth-order valence-corrected chi connectivity index (χ4v) is 1.72. The first-order valence-corrected chi connectivity index (χ1v) is 4.90. The number of rotatable bonds is 5. The monoisotopic (exact) mass is 238 g/mol. The summed E-state index contributed by atoms with van der Waals surface area (Å²) in [5, 5.41) is 8.79. The molecule has 0 saturated heterocycles. The third-order valence-electron chi connectivity index (χ3n) is 1.54. The molecule has 0 aliphatic heterocycles. The molecule has 1 unspecified atom stereocenters. The topological polar surface area (TPSA) is 54.4 Å². The minimum Gasteiger partial charge on any atom is -0.480 e. The van der Waals surface area contributed by atoms with Crippen LogP contribution >= 0.6 is 37.5 Å². The van der Waals surface area contributed by atoms with Gasteiger partial charge < -0.3 is 5.11 Å². The number of ketones is 1. The lowest BCUT2D eigenvalue weighted by molar-refractivity contribution is -0.142. The molecular formula is C7H10O3S3. The van der Waals surface area contributed by atoms with E-state index in [2.05, 4.69) is 37.5 Å². The Morgan fingerprint density at radius 2 is 2.00 bits per heavy atom. The van der Waals surface area contributed by atoms with E-state index in [1.54, 1.807) is 6.92 Å². The molecule has 0 rings (SSSR count). The lowest BCUT2D eigenvalue weighted by Crippen LogP contribution is -2.43. The average molecular weight is 238 g/mol. The third kappa shape index (κ3) is 2.96. The van der Waals surface area contributed by atoms with Crippen LogP contribution in [0.5, 0.6) is 0 Å². The SMILES string of the molecule is CCCC(S)(C(=O)O)C(=O)C(=S)S. The van der Waals surface area contributed by atoms with Gasteiger partial charge in [-0.25, -0.2) is 0 Å². The number of carbonyl (C=O) groups is 2. The molecule has 0 aliphatic rings. The highest BCUT2D eigenvalue weighted by Crippen LogP contribution is 2.24. The van der Waals surface area contributed by atoms with Gasteiger partial charge in [-0.3, -0.25) is 9.59 Å². The Labute approximate surface area is 92.7 Å². The van der Waals surface area contributed by atoms with E-state index in [9.17, 15) is 9.59 Å². The van der Waals surface area contributed by atoms with Crippen molar-refractivity contribution in [2.45, 2.75) is 24.5 Å². The number of carboxylic acids is 1. The van der Waals surface area contributed by atoms with E-state index < -0.39 is 16.5 Å². The summed E-state index contributed by atoms with van der Waals surface area (Å²) >= 11 is 12.0. The molecule has 0 fully saturated rings. The molecule has 1 N–H and O–H groups in total. The van der Waals surface area contributed by atoms with Crippen molar-refractivity contribution in [2.24, 2.45) is 0 Å². The quantitative estimate of drug-likeness (QED) is 0.385. The zero-order valence-corrected chi connectivity index (χ0v) is 9.59. The maximum atomic E-state index is 11.3. The lowest BCUT2D eigenvalue weighted by atomic mass is 9.98. The second-order valence-electron chi connectivity index (χ2n) is 2.55. The molecule has 0 aromatic heterocycles. The molecule has 0 aromatic rings. The molecule has 0 heterocycles. The van der Waals surface area contributed by atoms with Gasteiger partial charge in [-0.15, -0.1) is 12.6 Å². The van der Waals surface area contributed by atoms with E-state index >= 15 is 0 Å². The van der Waals surface area contributed by atoms with E-state index in [1.807, 2.05) is 0 Å². The first-order valence-electron chi connectivity index (χ1n) is 3.59. The van der Waals surface area contributed by atoms with Crippen LogP contribution < -0.4 is 0 Å². The van der Waals surface area contributed by atoms with Crippen molar-refractivity contribution in [2.75, 3.05) is 0 Å². The number of hydrogen-bond donors (Lipinski definition) is 3. The molecule has 74 valence electrons. The molecule has 0 spiro atoms. The lowest BCUT2D eigenvalue weighted by Gasteiger charge is -2.20. The van der Waals surface area contributed by atoms with Crippen LogP contribution in [0.25, 0.3) is 0 Å². The van der Waals surface area contributed by atoms with Gasteiger partial charge in [0.15, 0.2) is 4.75 Å². The molecule has 0 amide bonds. The number of thiocarbonyl (C=S) groups is 1. The third-order valence-corrected chi connectivity index (χ3v) is 2.54. The van der Waals surface area contributed by atoms with Gasteiger partial charge in [0.05, 0.1) is 0 Å². The van der Waals surface area contributed by atoms with Crippen LogP contribution in [0.15, 0.2) is 0 Å². The van der Waals surface area contributed by atoms with Crippen molar-refractivity contribution in [3.8, 4) is 0 Å². The fraction of sp³-hybridized carbons (Fsp3) is 0.571. The van der Waals surface area contributed by atoms with Crippen LogP contribution in [0.2, 0.25) is 0 Å². The second kappa shape index (κ2) is 4.97. The van der Waals surface area contributed by atoms with Crippen molar-refractivity contribution in [1.82, 2.24) is 0 Å². The minimum atomic E-state index is -1.71. The van der Waals surface area contributed by atoms with Gasteiger partial charge in [0.25, 0.3) is 0 Å². The summed E-state index contributed by atoms with van der Waals surface area (Å²) in [4.78, 5) is 22.1. The predicted molar refractivity (Wildman–Crippen MR) is 60.9 cm³/mol. The normalized spacial score (nSPS) is 14.7. The first kappa shape index (κ1) is 12.9. The molecule has 0 aromatic carbocycles. The van der Waals surface area contributed by atoms with Crippen molar-refractivity contribution >= 4 is 53.4 Å². The largest absolute Gasteiger partial charge is 0.480 e. The van der Waals surface area contributed by atoms with Crippen molar-refractivity contribution in [3.05, 3.63) is 0 Å². The van der Waals surface area contributed by atoms with Gasteiger partial charge in [0, 0.05) is 0 Å². The highest BCUT2D eigenvalue weighted by atomic mass is 32.1. The summed E-state index contributed by atoms with van der Waals surface area (Å²) < 4.78 is -1.96.